The summed E-state index contributed by atoms with van der Waals surface area (Å²) in [4.78, 5) is 10.6. The lowest BCUT2D eigenvalue weighted by Gasteiger charge is -2.18. The highest BCUT2D eigenvalue weighted by Gasteiger charge is 2.23. The first-order valence-corrected chi connectivity index (χ1v) is 7.01. The lowest BCUT2D eigenvalue weighted by atomic mass is 10.2. The smallest absolute Gasteiger partial charge is 0.152 e. The first-order chi connectivity index (χ1) is 9.63. The molecule has 1 atom stereocenters. The quantitative estimate of drug-likeness (QED) is 0.590. The van der Waals surface area contributed by atoms with Gasteiger partial charge in [-0.1, -0.05) is 0 Å². The highest BCUT2D eigenvalue weighted by atomic mass is 79.9. The van der Waals surface area contributed by atoms with Crippen LogP contribution in [0.4, 0.5) is 0 Å². The lowest BCUT2D eigenvalue weighted by molar-refractivity contribution is 0.364. The zero-order valence-corrected chi connectivity index (χ0v) is 13.1. The third-order valence-corrected chi connectivity index (χ3v) is 3.49. The number of nitrogens with two attached hydrogens (primary N) is 1. The van der Waals surface area contributed by atoms with E-state index in [2.05, 4.69) is 41.3 Å². The van der Waals surface area contributed by atoms with Gasteiger partial charge in [0.05, 0.1) is 22.9 Å². The van der Waals surface area contributed by atoms with Crippen molar-refractivity contribution >= 4 is 15.9 Å². The second-order valence-corrected chi connectivity index (χ2v) is 5.47. The molecule has 0 aliphatic rings. The van der Waals surface area contributed by atoms with E-state index in [1.165, 1.54) is 0 Å². The highest BCUT2D eigenvalue weighted by molar-refractivity contribution is 9.10. The van der Waals surface area contributed by atoms with Gasteiger partial charge in [-0.15, -0.1) is 0 Å². The molecule has 0 radical (unpaired) electrons. The number of nitrogens with one attached hydrogen (secondary N) is 1. The van der Waals surface area contributed by atoms with Gasteiger partial charge in [0.1, 0.15) is 6.04 Å². The Labute approximate surface area is 126 Å². The van der Waals surface area contributed by atoms with E-state index in [-0.39, 0.29) is 6.04 Å². The number of likely N-dealkylation sites (N-methyl/N-ethyl adjacent to an activating group) is 1. The normalized spacial score (nSPS) is 12.8. The summed E-state index contributed by atoms with van der Waals surface area (Å²) in [5.74, 6) is 6.30. The molecule has 8 heteroatoms. The molecule has 20 heavy (non-hydrogen) atoms. The van der Waals surface area contributed by atoms with Crippen LogP contribution >= 0.6 is 15.9 Å². The topological polar surface area (TPSA) is 84.9 Å². The molecule has 0 spiro atoms. The summed E-state index contributed by atoms with van der Waals surface area (Å²) in [6.45, 7) is 1.65. The van der Waals surface area contributed by atoms with Crippen LogP contribution in [0.15, 0.2) is 29.1 Å². The fraction of sp³-hybridized carbons (Fsp3) is 0.417. The minimum atomic E-state index is -0.310. The molecule has 2 aromatic heterocycles. The second-order valence-electron chi connectivity index (χ2n) is 4.61. The molecule has 2 heterocycles. The van der Waals surface area contributed by atoms with Crippen molar-refractivity contribution in [3.05, 3.63) is 40.6 Å². The molecule has 0 aromatic carbocycles. The fourth-order valence-corrected chi connectivity index (χ4v) is 2.39. The predicted octanol–water partition coefficient (Wildman–Crippen LogP) is 0.550. The number of aromatic nitrogens is 4. The van der Waals surface area contributed by atoms with Crippen LogP contribution < -0.4 is 11.3 Å². The zero-order valence-electron chi connectivity index (χ0n) is 11.5. The van der Waals surface area contributed by atoms with Gasteiger partial charge in [-0.25, -0.2) is 15.4 Å². The fourth-order valence-electron chi connectivity index (χ4n) is 1.87. The molecular weight excluding hydrogens is 322 g/mol. The van der Waals surface area contributed by atoms with Crippen molar-refractivity contribution in [1.82, 2.24) is 30.1 Å². The number of rotatable bonds is 6. The summed E-state index contributed by atoms with van der Waals surface area (Å²) >= 11 is 3.51. The minimum Gasteiger partial charge on any atom is -0.308 e. The van der Waals surface area contributed by atoms with Gasteiger partial charge >= 0.3 is 0 Å². The third kappa shape index (κ3) is 3.40. The summed E-state index contributed by atoms with van der Waals surface area (Å²) in [5, 5.41) is 4.37. The van der Waals surface area contributed by atoms with Crippen LogP contribution in [0.2, 0.25) is 0 Å². The van der Waals surface area contributed by atoms with Gasteiger partial charge in [-0.05, 0) is 36.1 Å². The zero-order chi connectivity index (χ0) is 14.5. The van der Waals surface area contributed by atoms with Crippen molar-refractivity contribution in [2.24, 2.45) is 5.84 Å². The maximum atomic E-state index is 5.69. The number of hydrazine groups is 1. The molecule has 1 unspecified atom stereocenters. The van der Waals surface area contributed by atoms with Gasteiger partial charge in [-0.3, -0.25) is 10.5 Å². The summed E-state index contributed by atoms with van der Waals surface area (Å²) in [5.41, 5.74) is 3.68. The van der Waals surface area contributed by atoms with Crippen molar-refractivity contribution in [2.75, 3.05) is 20.6 Å². The molecule has 0 aliphatic carbocycles. The SMILES string of the molecule is CN(C)CCn1ncc(Br)c1C(NN)c1ncccn1. The molecule has 0 aliphatic heterocycles. The van der Waals surface area contributed by atoms with Crippen molar-refractivity contribution in [3.63, 3.8) is 0 Å². The highest BCUT2D eigenvalue weighted by Crippen LogP contribution is 2.26. The standard InChI is InChI=1S/C12H18BrN7/c1-19(2)6-7-20-11(9(13)8-17-20)10(18-14)12-15-4-3-5-16-12/h3-5,8,10,18H,6-7,14H2,1-2H3. The Hall–Kier alpha value is -1.35. The van der Waals surface area contributed by atoms with Crippen LogP contribution in [0.3, 0.4) is 0 Å². The molecule has 0 saturated carbocycles. The van der Waals surface area contributed by atoms with Crippen LogP contribution in [0, 0.1) is 0 Å². The summed E-state index contributed by atoms with van der Waals surface area (Å²) in [6.07, 6.45) is 5.15. The number of nitrogens with zero attached hydrogens (tertiary/aromatic N) is 5. The van der Waals surface area contributed by atoms with Crippen molar-refractivity contribution in [1.29, 1.82) is 0 Å². The van der Waals surface area contributed by atoms with E-state index in [1.54, 1.807) is 24.7 Å². The van der Waals surface area contributed by atoms with E-state index in [1.807, 2.05) is 18.8 Å². The molecule has 0 saturated heterocycles. The molecule has 2 rings (SSSR count). The maximum Gasteiger partial charge on any atom is 0.152 e. The molecule has 108 valence electrons. The van der Waals surface area contributed by atoms with Crippen molar-refractivity contribution in [3.8, 4) is 0 Å². The van der Waals surface area contributed by atoms with E-state index in [9.17, 15) is 0 Å². The van der Waals surface area contributed by atoms with Gasteiger partial charge in [0.2, 0.25) is 0 Å². The molecule has 7 nitrogen and oxygen atoms in total. The van der Waals surface area contributed by atoms with E-state index in [0.29, 0.717) is 5.82 Å². The first-order valence-electron chi connectivity index (χ1n) is 6.22. The molecule has 2 aromatic rings. The Morgan fingerprint density at radius 2 is 2.10 bits per heavy atom. The number of halogens is 1. The molecular formula is C12H18BrN7. The largest absolute Gasteiger partial charge is 0.308 e. The van der Waals surface area contributed by atoms with E-state index >= 15 is 0 Å². The van der Waals surface area contributed by atoms with Crippen LogP contribution in [0.25, 0.3) is 0 Å². The second kappa shape index (κ2) is 6.89. The Morgan fingerprint density at radius 3 is 2.70 bits per heavy atom. The Kier molecular flexibility index (Phi) is 5.18. The maximum absolute atomic E-state index is 5.69. The van der Waals surface area contributed by atoms with E-state index in [4.69, 9.17) is 5.84 Å². The summed E-state index contributed by atoms with van der Waals surface area (Å²) in [7, 11) is 4.05. The van der Waals surface area contributed by atoms with Gasteiger partial charge in [-0.2, -0.15) is 5.10 Å². The average molecular weight is 340 g/mol. The average Bonchev–Trinajstić information content (AvgIpc) is 2.80. The monoisotopic (exact) mass is 339 g/mol. The minimum absolute atomic E-state index is 0.310. The first kappa shape index (κ1) is 15.0. The van der Waals surface area contributed by atoms with Crippen LogP contribution in [0.1, 0.15) is 17.6 Å². The van der Waals surface area contributed by atoms with Gasteiger partial charge in [0.15, 0.2) is 5.82 Å². The predicted molar refractivity (Wildman–Crippen MR) is 79.7 cm³/mol. The Bertz CT molecular complexity index is 540. The lowest BCUT2D eigenvalue weighted by Crippen LogP contribution is -2.33. The van der Waals surface area contributed by atoms with E-state index in [0.717, 1.165) is 23.3 Å². The van der Waals surface area contributed by atoms with Crippen LogP contribution in [-0.2, 0) is 6.54 Å². The Morgan fingerprint density at radius 1 is 1.40 bits per heavy atom. The van der Waals surface area contributed by atoms with Crippen molar-refractivity contribution < 1.29 is 0 Å². The number of hydrogen-bond acceptors (Lipinski definition) is 6. The van der Waals surface area contributed by atoms with Crippen molar-refractivity contribution in [2.45, 2.75) is 12.6 Å². The van der Waals surface area contributed by atoms with E-state index < -0.39 is 0 Å². The molecule has 0 bridgehead atoms. The van der Waals surface area contributed by atoms with Gasteiger partial charge in [0.25, 0.3) is 0 Å². The Balaban J connectivity index is 2.32. The summed E-state index contributed by atoms with van der Waals surface area (Å²) in [6, 6.07) is 1.46. The molecule has 0 fully saturated rings. The third-order valence-electron chi connectivity index (χ3n) is 2.88. The molecule has 3 N–H and O–H groups in total. The van der Waals surface area contributed by atoms with Crippen LogP contribution in [0.5, 0.6) is 0 Å². The van der Waals surface area contributed by atoms with Crippen LogP contribution in [-0.4, -0.2) is 45.3 Å². The summed E-state index contributed by atoms with van der Waals surface area (Å²) < 4.78 is 2.79. The van der Waals surface area contributed by atoms with Gasteiger partial charge < -0.3 is 4.90 Å². The number of hydrogen-bond donors (Lipinski definition) is 2. The molecule has 0 amide bonds. The van der Waals surface area contributed by atoms with Gasteiger partial charge in [0, 0.05) is 18.9 Å².